The lowest BCUT2D eigenvalue weighted by Crippen LogP contribution is -2.28. The molecule has 0 saturated carbocycles. The van der Waals surface area contributed by atoms with Gasteiger partial charge in [-0.2, -0.15) is 0 Å². The molecular weight excluding hydrogens is 398 g/mol. The van der Waals surface area contributed by atoms with Crippen LogP contribution in [0.3, 0.4) is 0 Å². The van der Waals surface area contributed by atoms with Crippen molar-refractivity contribution < 1.29 is 22.0 Å². The number of halogens is 2. The molecule has 0 heterocycles. The molecule has 0 aliphatic heterocycles. The molecule has 0 unspecified atom stereocenters. The van der Waals surface area contributed by atoms with E-state index in [2.05, 4.69) is 4.72 Å². The number of amides is 1. The molecule has 3 aromatic carbocycles. The van der Waals surface area contributed by atoms with E-state index >= 15 is 0 Å². The molecule has 0 spiro atoms. The summed E-state index contributed by atoms with van der Waals surface area (Å²) >= 11 is 0. The Morgan fingerprint density at radius 3 is 2.24 bits per heavy atom. The minimum atomic E-state index is -4.02. The Labute approximate surface area is 167 Å². The first-order valence-corrected chi connectivity index (χ1v) is 10.1. The van der Waals surface area contributed by atoms with Gasteiger partial charge >= 0.3 is 0 Å². The maximum Gasteiger partial charge on any atom is 0.261 e. The number of nitrogens with one attached hydrogen (secondary N) is 1. The van der Waals surface area contributed by atoms with E-state index in [9.17, 15) is 22.0 Å². The van der Waals surface area contributed by atoms with Crippen LogP contribution < -0.4 is 4.72 Å². The normalized spacial score (nSPS) is 11.1. The van der Waals surface area contributed by atoms with Gasteiger partial charge in [-0.05, 0) is 42.5 Å². The van der Waals surface area contributed by atoms with Gasteiger partial charge in [0.15, 0.2) is 0 Å². The largest absolute Gasteiger partial charge is 0.337 e. The van der Waals surface area contributed by atoms with Crippen LogP contribution in [0.5, 0.6) is 0 Å². The molecule has 1 N–H and O–H groups in total. The quantitative estimate of drug-likeness (QED) is 0.660. The van der Waals surface area contributed by atoms with Gasteiger partial charge in [0.25, 0.3) is 15.9 Å². The Morgan fingerprint density at radius 2 is 1.55 bits per heavy atom. The third-order valence-corrected chi connectivity index (χ3v) is 5.62. The van der Waals surface area contributed by atoms with E-state index in [0.717, 1.165) is 24.3 Å². The number of hydrogen-bond donors (Lipinski definition) is 1. The van der Waals surface area contributed by atoms with Crippen LogP contribution in [0.2, 0.25) is 0 Å². The Bertz CT molecular complexity index is 1130. The van der Waals surface area contributed by atoms with Crippen molar-refractivity contribution in [2.45, 2.75) is 11.4 Å². The SMILES string of the molecule is CN(Cc1ccccc1F)C(=O)c1ccccc1NS(=O)(=O)c1ccc(F)cc1. The van der Waals surface area contributed by atoms with Gasteiger partial charge in [0, 0.05) is 19.2 Å². The van der Waals surface area contributed by atoms with E-state index in [-0.39, 0.29) is 22.7 Å². The molecule has 0 aliphatic carbocycles. The van der Waals surface area contributed by atoms with Crippen LogP contribution in [0.15, 0.2) is 77.7 Å². The fourth-order valence-corrected chi connectivity index (χ4v) is 3.82. The molecule has 0 bridgehead atoms. The van der Waals surface area contributed by atoms with Crippen molar-refractivity contribution in [3.63, 3.8) is 0 Å². The molecule has 8 heteroatoms. The number of carbonyl (C=O) groups excluding carboxylic acids is 1. The van der Waals surface area contributed by atoms with Crippen LogP contribution in [-0.2, 0) is 16.6 Å². The number of benzene rings is 3. The highest BCUT2D eigenvalue weighted by Crippen LogP contribution is 2.22. The fourth-order valence-electron chi connectivity index (χ4n) is 2.74. The van der Waals surface area contributed by atoms with Gasteiger partial charge in [0.1, 0.15) is 11.6 Å². The van der Waals surface area contributed by atoms with Crippen molar-refractivity contribution in [3.05, 3.63) is 95.6 Å². The van der Waals surface area contributed by atoms with Crippen LogP contribution >= 0.6 is 0 Å². The minimum absolute atomic E-state index is 0.0184. The molecule has 0 radical (unpaired) electrons. The predicted molar refractivity (Wildman–Crippen MR) is 106 cm³/mol. The molecule has 3 rings (SSSR count). The predicted octanol–water partition coefficient (Wildman–Crippen LogP) is 4.04. The Kier molecular flexibility index (Phi) is 5.93. The second-order valence-corrected chi connectivity index (χ2v) is 8.04. The van der Waals surface area contributed by atoms with Gasteiger partial charge in [-0.25, -0.2) is 17.2 Å². The molecule has 1 amide bonds. The van der Waals surface area contributed by atoms with E-state index in [1.165, 1.54) is 30.1 Å². The van der Waals surface area contributed by atoms with Gasteiger partial charge in [0.2, 0.25) is 0 Å². The molecule has 0 saturated heterocycles. The fraction of sp³-hybridized carbons (Fsp3) is 0.0952. The van der Waals surface area contributed by atoms with Crippen LogP contribution in [-0.4, -0.2) is 26.3 Å². The van der Waals surface area contributed by atoms with Gasteiger partial charge in [0.05, 0.1) is 16.1 Å². The number of anilines is 1. The van der Waals surface area contributed by atoms with Gasteiger partial charge in [-0.15, -0.1) is 0 Å². The summed E-state index contributed by atoms with van der Waals surface area (Å²) in [4.78, 5) is 14.0. The average molecular weight is 416 g/mol. The number of hydrogen-bond acceptors (Lipinski definition) is 3. The number of carbonyl (C=O) groups is 1. The van der Waals surface area contributed by atoms with E-state index < -0.39 is 27.6 Å². The zero-order valence-corrected chi connectivity index (χ0v) is 16.3. The van der Waals surface area contributed by atoms with Crippen molar-refractivity contribution in [1.82, 2.24) is 4.90 Å². The topological polar surface area (TPSA) is 66.5 Å². The maximum absolute atomic E-state index is 13.9. The first-order valence-electron chi connectivity index (χ1n) is 8.64. The van der Waals surface area contributed by atoms with Crippen molar-refractivity contribution >= 4 is 21.6 Å². The molecule has 0 atom stereocenters. The molecule has 3 aromatic rings. The minimum Gasteiger partial charge on any atom is -0.337 e. The third kappa shape index (κ3) is 4.78. The van der Waals surface area contributed by atoms with Crippen LogP contribution in [0.1, 0.15) is 15.9 Å². The second-order valence-electron chi connectivity index (χ2n) is 6.36. The van der Waals surface area contributed by atoms with Crippen LogP contribution in [0, 0.1) is 11.6 Å². The first-order chi connectivity index (χ1) is 13.8. The summed E-state index contributed by atoms with van der Waals surface area (Å²) in [6, 6.07) is 16.5. The molecule has 0 fully saturated rings. The van der Waals surface area contributed by atoms with Crippen molar-refractivity contribution in [2.24, 2.45) is 0 Å². The summed E-state index contributed by atoms with van der Waals surface area (Å²) < 4.78 is 54.5. The summed E-state index contributed by atoms with van der Waals surface area (Å²) in [5.74, 6) is -1.47. The Morgan fingerprint density at radius 1 is 0.931 bits per heavy atom. The molecule has 29 heavy (non-hydrogen) atoms. The van der Waals surface area contributed by atoms with Crippen LogP contribution in [0.4, 0.5) is 14.5 Å². The molecule has 0 aliphatic rings. The van der Waals surface area contributed by atoms with E-state index in [0.29, 0.717) is 5.56 Å². The second kappa shape index (κ2) is 8.40. The maximum atomic E-state index is 13.9. The van der Waals surface area contributed by atoms with Crippen molar-refractivity contribution in [2.75, 3.05) is 11.8 Å². The lowest BCUT2D eigenvalue weighted by Gasteiger charge is -2.20. The summed E-state index contributed by atoms with van der Waals surface area (Å²) in [5, 5.41) is 0. The third-order valence-electron chi connectivity index (χ3n) is 4.24. The number of nitrogens with zero attached hydrogens (tertiary/aromatic N) is 1. The highest BCUT2D eigenvalue weighted by atomic mass is 32.2. The zero-order valence-electron chi connectivity index (χ0n) is 15.5. The van der Waals surface area contributed by atoms with Crippen molar-refractivity contribution in [1.29, 1.82) is 0 Å². The van der Waals surface area contributed by atoms with E-state index in [4.69, 9.17) is 0 Å². The smallest absolute Gasteiger partial charge is 0.261 e. The van der Waals surface area contributed by atoms with Gasteiger partial charge in [-0.3, -0.25) is 9.52 Å². The standard InChI is InChI=1S/C21H18F2N2O3S/c1-25(14-15-6-2-4-8-19(15)23)21(26)18-7-3-5-9-20(18)24-29(27,28)17-12-10-16(22)11-13-17/h2-13,24H,14H2,1H3. The monoisotopic (exact) mass is 416 g/mol. The van der Waals surface area contributed by atoms with E-state index in [1.807, 2.05) is 0 Å². The zero-order chi connectivity index (χ0) is 21.0. The van der Waals surface area contributed by atoms with Crippen LogP contribution in [0.25, 0.3) is 0 Å². The first kappa shape index (κ1) is 20.5. The summed E-state index contributed by atoms with van der Waals surface area (Å²) in [5.41, 5.74) is 0.520. The number of rotatable bonds is 6. The molecule has 5 nitrogen and oxygen atoms in total. The summed E-state index contributed by atoms with van der Waals surface area (Å²) in [7, 11) is -2.52. The van der Waals surface area contributed by atoms with Gasteiger partial charge < -0.3 is 4.90 Å². The lowest BCUT2D eigenvalue weighted by molar-refractivity contribution is 0.0785. The average Bonchev–Trinajstić information content (AvgIpc) is 2.69. The highest BCUT2D eigenvalue weighted by molar-refractivity contribution is 7.92. The van der Waals surface area contributed by atoms with Gasteiger partial charge in [-0.1, -0.05) is 30.3 Å². The Hall–Kier alpha value is -3.26. The number of sulfonamides is 1. The Balaban J connectivity index is 1.85. The molecular formula is C21H18F2N2O3S. The molecule has 150 valence electrons. The summed E-state index contributed by atoms with van der Waals surface area (Å²) in [6.45, 7) is 0.0184. The van der Waals surface area contributed by atoms with E-state index in [1.54, 1.807) is 30.3 Å². The summed E-state index contributed by atoms with van der Waals surface area (Å²) in [6.07, 6.45) is 0. The van der Waals surface area contributed by atoms with Crippen molar-refractivity contribution in [3.8, 4) is 0 Å². The number of para-hydroxylation sites is 1. The highest BCUT2D eigenvalue weighted by Gasteiger charge is 2.21. The lowest BCUT2D eigenvalue weighted by atomic mass is 10.1. The molecule has 0 aromatic heterocycles.